The quantitative estimate of drug-likeness (QED) is 0.0554. The molecule has 0 saturated heterocycles. The Balaban J connectivity index is 1.73. The molecule has 1 amide bonds. The highest BCUT2D eigenvalue weighted by Crippen LogP contribution is 2.29. The predicted octanol–water partition coefficient (Wildman–Crippen LogP) is 8.24. The van der Waals surface area contributed by atoms with Gasteiger partial charge in [0.1, 0.15) is 5.75 Å². The van der Waals surface area contributed by atoms with Gasteiger partial charge in [-0.1, -0.05) is 78.1 Å². The van der Waals surface area contributed by atoms with Crippen molar-refractivity contribution in [3.05, 3.63) is 53.6 Å². The minimum Gasteiger partial charge on any atom is -0.494 e. The molecule has 1 N–H and O–H groups in total. The van der Waals surface area contributed by atoms with Crippen LogP contribution in [0.5, 0.6) is 17.2 Å². The maximum absolute atomic E-state index is 12.7. The van der Waals surface area contributed by atoms with Crippen LogP contribution in [-0.4, -0.2) is 31.3 Å². The van der Waals surface area contributed by atoms with Gasteiger partial charge < -0.3 is 14.2 Å². The average molecular weight is 553 g/mol. The Labute approximate surface area is 240 Å². The van der Waals surface area contributed by atoms with Gasteiger partial charge in [-0.25, -0.2) is 10.2 Å². The van der Waals surface area contributed by atoms with E-state index in [1.54, 1.807) is 48.7 Å². The summed E-state index contributed by atoms with van der Waals surface area (Å²) in [7, 11) is 0. The Bertz CT molecular complexity index is 1020. The lowest BCUT2D eigenvalue weighted by Gasteiger charge is -2.12. The van der Waals surface area contributed by atoms with Crippen molar-refractivity contribution in [2.24, 2.45) is 5.10 Å². The molecular weight excluding hydrogens is 504 g/mol. The second kappa shape index (κ2) is 20.5. The summed E-state index contributed by atoms with van der Waals surface area (Å²) in [6, 6.07) is 12.0. The van der Waals surface area contributed by atoms with Crippen LogP contribution in [0.2, 0.25) is 0 Å². The maximum atomic E-state index is 12.7. The number of carbonyl (C=O) groups is 2. The number of hydrazone groups is 1. The van der Waals surface area contributed by atoms with Crippen molar-refractivity contribution in [2.45, 2.75) is 104 Å². The number of carbonyl (C=O) groups excluding carboxylic acids is 2. The van der Waals surface area contributed by atoms with Crippen LogP contribution in [0.3, 0.4) is 0 Å². The van der Waals surface area contributed by atoms with E-state index >= 15 is 0 Å². The molecule has 7 heteroatoms. The van der Waals surface area contributed by atoms with Crippen LogP contribution in [0.4, 0.5) is 0 Å². The third kappa shape index (κ3) is 13.6. The molecule has 0 fully saturated rings. The lowest BCUT2D eigenvalue weighted by molar-refractivity contribution is -0.121. The van der Waals surface area contributed by atoms with Crippen LogP contribution < -0.4 is 19.6 Å². The van der Waals surface area contributed by atoms with E-state index in [0.717, 1.165) is 24.8 Å². The van der Waals surface area contributed by atoms with E-state index in [1.807, 2.05) is 13.8 Å². The first-order valence-corrected chi connectivity index (χ1v) is 15.1. The molecule has 0 unspecified atom stereocenters. The van der Waals surface area contributed by atoms with E-state index < -0.39 is 5.97 Å². The normalized spacial score (nSPS) is 11.0. The van der Waals surface area contributed by atoms with Gasteiger partial charge in [0.05, 0.1) is 25.0 Å². The number of unbranched alkanes of at least 4 members (excludes halogenated alkanes) is 10. The van der Waals surface area contributed by atoms with Crippen molar-refractivity contribution in [3.63, 3.8) is 0 Å². The molecule has 0 atom stereocenters. The summed E-state index contributed by atoms with van der Waals surface area (Å²) in [5.41, 5.74) is 3.73. The zero-order valence-electron chi connectivity index (χ0n) is 24.7. The Morgan fingerprint density at radius 2 is 1.40 bits per heavy atom. The second-order valence-corrected chi connectivity index (χ2v) is 9.98. The zero-order chi connectivity index (χ0) is 28.8. The van der Waals surface area contributed by atoms with Gasteiger partial charge in [0.15, 0.2) is 11.5 Å². The molecule has 0 spiro atoms. The molecule has 0 radical (unpaired) electrons. The molecule has 0 aromatic heterocycles. The number of nitrogens with zero attached hydrogens (tertiary/aromatic N) is 1. The number of ether oxygens (including phenoxy) is 3. The Hall–Kier alpha value is -3.35. The van der Waals surface area contributed by atoms with Crippen LogP contribution in [0.1, 0.15) is 120 Å². The summed E-state index contributed by atoms with van der Waals surface area (Å²) in [5.74, 6) is 0.877. The van der Waals surface area contributed by atoms with Gasteiger partial charge in [0.25, 0.3) is 0 Å². The van der Waals surface area contributed by atoms with E-state index in [9.17, 15) is 9.59 Å². The van der Waals surface area contributed by atoms with Crippen molar-refractivity contribution < 1.29 is 23.8 Å². The number of nitrogens with one attached hydrogen (secondary N) is 1. The largest absolute Gasteiger partial charge is 0.494 e. The number of benzene rings is 2. The lowest BCUT2D eigenvalue weighted by Crippen LogP contribution is -2.16. The van der Waals surface area contributed by atoms with Crippen LogP contribution in [0.25, 0.3) is 0 Å². The summed E-state index contributed by atoms with van der Waals surface area (Å²) in [6.45, 7) is 7.17. The average Bonchev–Trinajstić information content (AvgIpc) is 2.96. The first kappa shape index (κ1) is 32.9. The smallest absolute Gasteiger partial charge is 0.343 e. The van der Waals surface area contributed by atoms with Crippen LogP contribution in [0, 0.1) is 0 Å². The summed E-state index contributed by atoms with van der Waals surface area (Å²) >= 11 is 0. The highest BCUT2D eigenvalue weighted by molar-refractivity contribution is 5.91. The van der Waals surface area contributed by atoms with Crippen LogP contribution in [0.15, 0.2) is 47.6 Å². The monoisotopic (exact) mass is 552 g/mol. The first-order valence-electron chi connectivity index (χ1n) is 15.1. The first-order chi connectivity index (χ1) is 19.6. The molecule has 0 aliphatic carbocycles. The molecule has 7 nitrogen and oxygen atoms in total. The highest BCUT2D eigenvalue weighted by Gasteiger charge is 2.13. The summed E-state index contributed by atoms with van der Waals surface area (Å²) in [4.78, 5) is 24.8. The number of esters is 1. The van der Waals surface area contributed by atoms with Gasteiger partial charge in [0, 0.05) is 6.42 Å². The molecule has 0 bridgehead atoms. The van der Waals surface area contributed by atoms with Gasteiger partial charge in [-0.15, -0.1) is 0 Å². The van der Waals surface area contributed by atoms with Crippen molar-refractivity contribution in [2.75, 3.05) is 13.2 Å². The third-order valence-corrected chi connectivity index (χ3v) is 6.44. The number of amides is 1. The summed E-state index contributed by atoms with van der Waals surface area (Å²) in [6.07, 6.45) is 16.7. The minimum atomic E-state index is -0.487. The summed E-state index contributed by atoms with van der Waals surface area (Å²) < 4.78 is 16.8. The van der Waals surface area contributed by atoms with Crippen molar-refractivity contribution >= 4 is 18.1 Å². The standard InChI is InChI=1S/C33H48N2O5/c1-4-7-8-9-10-11-12-13-14-15-16-17-32(36)35-34-26-27-18-23-30(31(25-27)38-6-3)40-33(37)28-19-21-29(22-20-28)39-24-5-2/h18-23,25-26H,4-17,24H2,1-3H3,(H,35,36). The third-order valence-electron chi connectivity index (χ3n) is 6.44. The minimum absolute atomic E-state index is 0.0890. The lowest BCUT2D eigenvalue weighted by atomic mass is 10.1. The second-order valence-electron chi connectivity index (χ2n) is 9.98. The fourth-order valence-corrected chi connectivity index (χ4v) is 4.21. The molecule has 0 aliphatic heterocycles. The van der Waals surface area contributed by atoms with Crippen LogP contribution in [-0.2, 0) is 4.79 Å². The van der Waals surface area contributed by atoms with E-state index in [0.29, 0.717) is 42.4 Å². The van der Waals surface area contributed by atoms with Gasteiger partial charge >= 0.3 is 5.97 Å². The Morgan fingerprint density at radius 3 is 2.02 bits per heavy atom. The van der Waals surface area contributed by atoms with E-state index in [4.69, 9.17) is 14.2 Å². The summed E-state index contributed by atoms with van der Waals surface area (Å²) in [5, 5.41) is 4.08. The Kier molecular flexibility index (Phi) is 16.9. The zero-order valence-corrected chi connectivity index (χ0v) is 24.7. The van der Waals surface area contributed by atoms with Crippen molar-refractivity contribution in [1.29, 1.82) is 0 Å². The fourth-order valence-electron chi connectivity index (χ4n) is 4.21. The Morgan fingerprint density at radius 1 is 0.750 bits per heavy atom. The molecule has 0 saturated carbocycles. The van der Waals surface area contributed by atoms with E-state index in [2.05, 4.69) is 17.5 Å². The van der Waals surface area contributed by atoms with Crippen molar-refractivity contribution in [1.82, 2.24) is 5.43 Å². The van der Waals surface area contributed by atoms with Gasteiger partial charge in [-0.2, -0.15) is 5.10 Å². The molecule has 220 valence electrons. The molecule has 40 heavy (non-hydrogen) atoms. The molecule has 0 heterocycles. The SMILES string of the molecule is CCCCCCCCCCCCCC(=O)NN=Cc1ccc(OC(=O)c2ccc(OCCC)cc2)c(OCC)c1. The fraction of sp³-hybridized carbons (Fsp3) is 0.545. The molecular formula is C33H48N2O5. The van der Waals surface area contributed by atoms with Gasteiger partial charge in [0.2, 0.25) is 5.91 Å². The molecule has 2 rings (SSSR count). The van der Waals surface area contributed by atoms with Gasteiger partial charge in [-0.3, -0.25) is 4.79 Å². The number of hydrogen-bond donors (Lipinski definition) is 1. The predicted molar refractivity (Wildman–Crippen MR) is 162 cm³/mol. The molecule has 2 aromatic rings. The topological polar surface area (TPSA) is 86.2 Å². The van der Waals surface area contributed by atoms with E-state index in [-0.39, 0.29) is 5.91 Å². The van der Waals surface area contributed by atoms with E-state index in [1.165, 1.54) is 57.8 Å². The molecule has 0 aliphatic rings. The van der Waals surface area contributed by atoms with Crippen molar-refractivity contribution in [3.8, 4) is 17.2 Å². The number of rotatable bonds is 21. The maximum Gasteiger partial charge on any atom is 0.343 e. The molecule has 2 aromatic carbocycles. The number of hydrogen-bond acceptors (Lipinski definition) is 6. The van der Waals surface area contributed by atoms with Crippen LogP contribution >= 0.6 is 0 Å². The highest BCUT2D eigenvalue weighted by atomic mass is 16.6. The van der Waals surface area contributed by atoms with Gasteiger partial charge in [-0.05, 0) is 67.8 Å².